The van der Waals surface area contributed by atoms with Crippen LogP contribution in [0.15, 0.2) is 24.3 Å². The number of carboxylic acids is 1. The Morgan fingerprint density at radius 3 is 2.39 bits per heavy atom. The molecule has 13 heteroatoms. The highest BCUT2D eigenvalue weighted by molar-refractivity contribution is 6.29. The molecule has 3 heterocycles. The summed E-state index contributed by atoms with van der Waals surface area (Å²) >= 11 is 5.85. The van der Waals surface area contributed by atoms with E-state index in [0.717, 1.165) is 5.56 Å². The first-order valence-electron chi connectivity index (χ1n) is 11.7. The molecule has 38 heavy (non-hydrogen) atoms. The third-order valence-corrected chi connectivity index (χ3v) is 7.59. The van der Waals surface area contributed by atoms with Gasteiger partial charge in [0.15, 0.2) is 17.2 Å². The lowest BCUT2D eigenvalue weighted by Crippen LogP contribution is -2.38. The molecule has 1 atom stereocenters. The van der Waals surface area contributed by atoms with Gasteiger partial charge in [-0.1, -0.05) is 17.7 Å². The minimum absolute atomic E-state index is 0.0196. The van der Waals surface area contributed by atoms with E-state index in [0.29, 0.717) is 16.6 Å². The van der Waals surface area contributed by atoms with Crippen molar-refractivity contribution in [3.63, 3.8) is 0 Å². The standard InChI is InChI=1S/C25H21ClF4N6O2/c1-12-9-14(13(2)32-15-3-4-18(26)34-20(15)22(37)38)19-16(10-12)33-17(11-31)21(35-19)36-7-5-23(6-8-36)24(27,28)25(23,29)30/h3-4,9-10,13,32H,5-8H2,1-2H3,(H,37,38). The molecule has 198 valence electrons. The lowest BCUT2D eigenvalue weighted by molar-refractivity contribution is -0.0278. The fourth-order valence-corrected chi connectivity index (χ4v) is 5.37. The second-order valence-corrected chi connectivity index (χ2v) is 10.0. The maximum atomic E-state index is 13.9. The third kappa shape index (κ3) is 3.71. The number of aromatic carboxylic acids is 1. The number of benzene rings is 1. The maximum absolute atomic E-state index is 13.9. The Balaban J connectivity index is 1.51. The average molecular weight is 549 g/mol. The number of carboxylic acid groups (broad SMARTS) is 1. The number of anilines is 2. The molecule has 1 unspecified atom stereocenters. The minimum atomic E-state index is -4.05. The van der Waals surface area contributed by atoms with Gasteiger partial charge in [-0.05, 0) is 50.5 Å². The van der Waals surface area contributed by atoms with Gasteiger partial charge in [-0.25, -0.2) is 19.7 Å². The number of rotatable bonds is 5. The Kier molecular flexibility index (Phi) is 5.90. The molecule has 0 bridgehead atoms. The van der Waals surface area contributed by atoms with E-state index in [1.165, 1.54) is 17.0 Å². The summed E-state index contributed by atoms with van der Waals surface area (Å²) in [7, 11) is 0. The molecule has 1 saturated heterocycles. The van der Waals surface area contributed by atoms with Crippen molar-refractivity contribution in [1.82, 2.24) is 15.0 Å². The summed E-state index contributed by atoms with van der Waals surface area (Å²) in [5.41, 5.74) is -0.232. The zero-order valence-electron chi connectivity index (χ0n) is 20.2. The highest BCUT2D eigenvalue weighted by atomic mass is 35.5. The largest absolute Gasteiger partial charge is 0.476 e. The zero-order chi connectivity index (χ0) is 27.6. The van der Waals surface area contributed by atoms with Gasteiger partial charge in [0.1, 0.15) is 16.6 Å². The van der Waals surface area contributed by atoms with Crippen molar-refractivity contribution >= 4 is 40.1 Å². The van der Waals surface area contributed by atoms with Gasteiger partial charge in [-0.15, -0.1) is 0 Å². The highest BCUT2D eigenvalue weighted by Gasteiger charge is 2.95. The van der Waals surface area contributed by atoms with Gasteiger partial charge in [-0.3, -0.25) is 0 Å². The van der Waals surface area contributed by atoms with E-state index < -0.39 is 42.1 Å². The Morgan fingerprint density at radius 2 is 1.82 bits per heavy atom. The third-order valence-electron chi connectivity index (χ3n) is 7.38. The van der Waals surface area contributed by atoms with Crippen LogP contribution >= 0.6 is 11.6 Å². The lowest BCUT2D eigenvalue weighted by Gasteiger charge is -2.33. The first kappa shape index (κ1) is 25.9. The number of aromatic nitrogens is 3. The molecule has 1 saturated carbocycles. The monoisotopic (exact) mass is 548 g/mol. The SMILES string of the molecule is Cc1cc(C(C)Nc2ccc(Cl)nc2C(=O)O)c2nc(N3CCC4(CC3)C(F)(F)C4(F)F)c(C#N)nc2c1. The minimum Gasteiger partial charge on any atom is -0.476 e. The maximum Gasteiger partial charge on any atom is 0.356 e. The number of hydrogen-bond donors (Lipinski definition) is 2. The Bertz CT molecular complexity index is 1500. The van der Waals surface area contributed by atoms with E-state index in [1.54, 1.807) is 13.0 Å². The summed E-state index contributed by atoms with van der Waals surface area (Å²) in [5, 5.41) is 22.4. The van der Waals surface area contributed by atoms with Gasteiger partial charge in [0.2, 0.25) is 0 Å². The van der Waals surface area contributed by atoms with E-state index in [1.807, 2.05) is 19.1 Å². The molecule has 5 rings (SSSR count). The van der Waals surface area contributed by atoms with Gasteiger partial charge in [0.05, 0.1) is 22.8 Å². The number of alkyl halides is 4. The lowest BCUT2D eigenvalue weighted by atomic mass is 9.92. The van der Waals surface area contributed by atoms with Crippen LogP contribution in [0.3, 0.4) is 0 Å². The van der Waals surface area contributed by atoms with Crippen molar-refractivity contribution in [3.05, 3.63) is 51.9 Å². The Labute approximate surface area is 219 Å². The number of carbonyl (C=O) groups is 1. The molecular weight excluding hydrogens is 528 g/mol. The number of pyridine rings is 1. The molecule has 1 spiro atoms. The van der Waals surface area contributed by atoms with Crippen LogP contribution in [0.2, 0.25) is 5.15 Å². The highest BCUT2D eigenvalue weighted by Crippen LogP contribution is 2.76. The van der Waals surface area contributed by atoms with E-state index in [-0.39, 0.29) is 41.1 Å². The molecule has 2 aromatic heterocycles. The van der Waals surface area contributed by atoms with Gasteiger partial charge >= 0.3 is 17.8 Å². The Morgan fingerprint density at radius 1 is 1.16 bits per heavy atom. The van der Waals surface area contributed by atoms with Crippen LogP contribution in [0.25, 0.3) is 11.0 Å². The summed E-state index contributed by atoms with van der Waals surface area (Å²) in [6.07, 6.45) is -0.893. The molecule has 1 aromatic carbocycles. The normalized spacial score (nSPS) is 19.7. The summed E-state index contributed by atoms with van der Waals surface area (Å²) in [6, 6.07) is 7.95. The Hall–Kier alpha value is -3.72. The molecule has 2 N–H and O–H groups in total. The van der Waals surface area contributed by atoms with Gasteiger partial charge < -0.3 is 15.3 Å². The van der Waals surface area contributed by atoms with E-state index in [9.17, 15) is 32.7 Å². The number of nitrogens with one attached hydrogen (secondary N) is 1. The molecule has 1 aliphatic carbocycles. The molecule has 0 amide bonds. The van der Waals surface area contributed by atoms with Crippen molar-refractivity contribution in [2.24, 2.45) is 5.41 Å². The fourth-order valence-electron chi connectivity index (χ4n) is 5.22. The van der Waals surface area contributed by atoms with Crippen LogP contribution in [0, 0.1) is 23.7 Å². The van der Waals surface area contributed by atoms with Crippen LogP contribution in [0.5, 0.6) is 0 Å². The summed E-state index contributed by atoms with van der Waals surface area (Å²) in [5.74, 6) is -9.24. The van der Waals surface area contributed by atoms with Crippen molar-refractivity contribution in [3.8, 4) is 6.07 Å². The molecule has 3 aromatic rings. The van der Waals surface area contributed by atoms with Crippen LogP contribution in [0.1, 0.15) is 53.1 Å². The predicted octanol–water partition coefficient (Wildman–Crippen LogP) is 5.60. The molecule has 8 nitrogen and oxygen atoms in total. The quantitative estimate of drug-likeness (QED) is 0.313. The second-order valence-electron chi connectivity index (χ2n) is 9.65. The predicted molar refractivity (Wildman–Crippen MR) is 131 cm³/mol. The molecule has 1 aliphatic heterocycles. The summed E-state index contributed by atoms with van der Waals surface area (Å²) < 4.78 is 55.6. The molecular formula is C25H21ClF4N6O2. The summed E-state index contributed by atoms with van der Waals surface area (Å²) in [4.78, 5) is 26.2. The van der Waals surface area contributed by atoms with E-state index in [4.69, 9.17) is 11.6 Å². The fraction of sp³-hybridized carbons (Fsp3) is 0.400. The van der Waals surface area contributed by atoms with Crippen LogP contribution in [-0.2, 0) is 0 Å². The number of fused-ring (bicyclic) bond motifs is 1. The van der Waals surface area contributed by atoms with E-state index in [2.05, 4.69) is 20.3 Å². The number of hydrogen-bond acceptors (Lipinski definition) is 7. The first-order valence-corrected chi connectivity index (χ1v) is 12.1. The first-order chi connectivity index (χ1) is 17.8. The van der Waals surface area contributed by atoms with Crippen molar-refractivity contribution in [2.45, 2.75) is 44.6 Å². The number of halogens is 5. The van der Waals surface area contributed by atoms with Crippen LogP contribution in [-0.4, -0.2) is 51.0 Å². The van der Waals surface area contributed by atoms with E-state index >= 15 is 0 Å². The molecule has 2 aliphatic rings. The number of nitrogens with zero attached hydrogens (tertiary/aromatic N) is 5. The topological polar surface area (TPSA) is 115 Å². The van der Waals surface area contributed by atoms with Crippen LogP contribution < -0.4 is 10.2 Å². The average Bonchev–Trinajstić information content (AvgIpc) is 3.20. The van der Waals surface area contributed by atoms with Crippen molar-refractivity contribution < 1.29 is 27.5 Å². The number of nitriles is 1. The summed E-state index contributed by atoms with van der Waals surface area (Å²) in [6.45, 7) is 3.33. The van der Waals surface area contributed by atoms with Gasteiger partial charge in [0, 0.05) is 18.7 Å². The molecule has 2 fully saturated rings. The smallest absolute Gasteiger partial charge is 0.356 e. The number of piperidine rings is 1. The van der Waals surface area contributed by atoms with Crippen LogP contribution in [0.4, 0.5) is 29.1 Å². The number of aryl methyl sites for hydroxylation is 1. The zero-order valence-corrected chi connectivity index (χ0v) is 21.0. The van der Waals surface area contributed by atoms with Crippen molar-refractivity contribution in [1.29, 1.82) is 5.26 Å². The van der Waals surface area contributed by atoms with Gasteiger partial charge in [-0.2, -0.15) is 22.8 Å². The molecule has 0 radical (unpaired) electrons. The van der Waals surface area contributed by atoms with Gasteiger partial charge in [0.25, 0.3) is 0 Å². The second kappa shape index (κ2) is 8.66. The van der Waals surface area contributed by atoms with Crippen molar-refractivity contribution in [2.75, 3.05) is 23.3 Å².